The van der Waals surface area contributed by atoms with Crippen LogP contribution in [0.15, 0.2) is 36.5 Å². The van der Waals surface area contributed by atoms with Crippen LogP contribution < -0.4 is 10.6 Å². The molecular weight excluding hydrogens is 254 g/mol. The van der Waals surface area contributed by atoms with Crippen LogP contribution in [0, 0.1) is 0 Å². The molecule has 0 bridgehead atoms. The van der Waals surface area contributed by atoms with Crippen molar-refractivity contribution in [2.45, 2.75) is 19.8 Å². The second-order valence-corrected chi connectivity index (χ2v) is 4.46. The van der Waals surface area contributed by atoms with Crippen molar-refractivity contribution in [1.82, 2.24) is 10.3 Å². The fraction of sp³-hybridized carbons (Fsp3) is 0.267. The minimum absolute atomic E-state index is 0.177. The number of hydrogen-bond acceptors (Lipinski definition) is 3. The van der Waals surface area contributed by atoms with Crippen molar-refractivity contribution in [3.05, 3.63) is 36.5 Å². The summed E-state index contributed by atoms with van der Waals surface area (Å²) in [7, 11) is 0. The molecule has 104 valence electrons. The van der Waals surface area contributed by atoms with Gasteiger partial charge in [-0.25, -0.2) is 0 Å². The molecule has 20 heavy (non-hydrogen) atoms. The first-order valence-corrected chi connectivity index (χ1v) is 6.61. The lowest BCUT2D eigenvalue weighted by molar-refractivity contribution is -0.126. The highest BCUT2D eigenvalue weighted by Crippen LogP contribution is 2.20. The van der Waals surface area contributed by atoms with E-state index in [1.807, 2.05) is 31.2 Å². The molecule has 1 aromatic heterocycles. The van der Waals surface area contributed by atoms with Gasteiger partial charge < -0.3 is 10.6 Å². The highest BCUT2D eigenvalue weighted by Gasteiger charge is 2.10. The average molecular weight is 271 g/mol. The van der Waals surface area contributed by atoms with E-state index in [1.165, 1.54) is 0 Å². The first-order chi connectivity index (χ1) is 9.70. The molecule has 2 amide bonds. The molecule has 0 aliphatic carbocycles. The number of hydrogen-bond donors (Lipinski definition) is 2. The zero-order chi connectivity index (χ0) is 14.4. The van der Waals surface area contributed by atoms with Gasteiger partial charge in [-0.3, -0.25) is 14.6 Å². The summed E-state index contributed by atoms with van der Waals surface area (Å²) >= 11 is 0. The molecule has 0 aliphatic heterocycles. The summed E-state index contributed by atoms with van der Waals surface area (Å²) in [5.41, 5.74) is 1.34. The molecule has 0 saturated heterocycles. The van der Waals surface area contributed by atoms with E-state index < -0.39 is 0 Å². The summed E-state index contributed by atoms with van der Waals surface area (Å²) in [6.45, 7) is 2.55. The second-order valence-electron chi connectivity index (χ2n) is 4.46. The summed E-state index contributed by atoms with van der Waals surface area (Å²) in [6.07, 6.45) is 2.34. The molecule has 0 aliphatic rings. The molecule has 1 heterocycles. The van der Waals surface area contributed by atoms with Crippen molar-refractivity contribution in [1.29, 1.82) is 0 Å². The van der Waals surface area contributed by atoms with Gasteiger partial charge in [0.05, 0.1) is 11.2 Å². The van der Waals surface area contributed by atoms with Gasteiger partial charge in [-0.05, 0) is 18.6 Å². The average Bonchev–Trinajstić information content (AvgIpc) is 2.45. The largest absolute Gasteiger partial charge is 0.356 e. The van der Waals surface area contributed by atoms with Crippen molar-refractivity contribution in [2.24, 2.45) is 0 Å². The molecular formula is C15H17N3O2. The van der Waals surface area contributed by atoms with E-state index in [2.05, 4.69) is 15.6 Å². The van der Waals surface area contributed by atoms with Crippen LogP contribution in [0.4, 0.5) is 5.69 Å². The van der Waals surface area contributed by atoms with Crippen molar-refractivity contribution in [2.75, 3.05) is 11.9 Å². The lowest BCUT2D eigenvalue weighted by Gasteiger charge is -2.08. The van der Waals surface area contributed by atoms with Crippen LogP contribution >= 0.6 is 0 Å². The number of fused-ring (bicyclic) bond motifs is 1. The van der Waals surface area contributed by atoms with E-state index in [9.17, 15) is 9.59 Å². The number of nitrogens with one attached hydrogen (secondary N) is 2. The van der Waals surface area contributed by atoms with E-state index >= 15 is 0 Å². The number of amides is 2. The predicted octanol–water partition coefficient (Wildman–Crippen LogP) is 2.09. The molecule has 0 fully saturated rings. The van der Waals surface area contributed by atoms with Crippen molar-refractivity contribution in [3.8, 4) is 0 Å². The van der Waals surface area contributed by atoms with Gasteiger partial charge in [0.2, 0.25) is 11.8 Å². The maximum absolute atomic E-state index is 11.8. The Labute approximate surface area is 117 Å². The maximum atomic E-state index is 11.8. The minimum Gasteiger partial charge on any atom is -0.356 e. The molecule has 2 aromatic rings. The van der Waals surface area contributed by atoms with Gasteiger partial charge in [0.25, 0.3) is 0 Å². The molecule has 0 unspecified atom stereocenters. The zero-order valence-electron chi connectivity index (χ0n) is 11.3. The molecule has 5 heteroatoms. The third-order valence-electron chi connectivity index (χ3n) is 2.80. The van der Waals surface area contributed by atoms with Gasteiger partial charge in [0, 0.05) is 18.1 Å². The van der Waals surface area contributed by atoms with Crippen LogP contribution in [0.2, 0.25) is 0 Å². The van der Waals surface area contributed by atoms with Gasteiger partial charge in [-0.2, -0.15) is 0 Å². The smallest absolute Gasteiger partial charge is 0.233 e. The Kier molecular flexibility index (Phi) is 4.65. The highest BCUT2D eigenvalue weighted by molar-refractivity contribution is 6.06. The fourth-order valence-electron chi connectivity index (χ4n) is 1.87. The maximum Gasteiger partial charge on any atom is 0.233 e. The number of anilines is 1. The minimum atomic E-state index is -0.336. The lowest BCUT2D eigenvalue weighted by atomic mass is 10.2. The fourth-order valence-corrected chi connectivity index (χ4v) is 1.87. The molecule has 0 saturated carbocycles. The van der Waals surface area contributed by atoms with Gasteiger partial charge >= 0.3 is 0 Å². The number of benzene rings is 1. The van der Waals surface area contributed by atoms with E-state index in [4.69, 9.17) is 0 Å². The van der Waals surface area contributed by atoms with Crippen molar-refractivity contribution in [3.63, 3.8) is 0 Å². The second kappa shape index (κ2) is 6.65. The van der Waals surface area contributed by atoms with E-state index in [0.29, 0.717) is 12.2 Å². The Morgan fingerprint density at radius 1 is 1.15 bits per heavy atom. The number of carbonyl (C=O) groups is 2. The molecule has 0 spiro atoms. The number of rotatable bonds is 5. The first kappa shape index (κ1) is 14.0. The molecule has 1 aromatic carbocycles. The summed E-state index contributed by atoms with van der Waals surface area (Å²) < 4.78 is 0. The lowest BCUT2D eigenvalue weighted by Crippen LogP contribution is -2.28. The summed E-state index contributed by atoms with van der Waals surface area (Å²) in [5.74, 6) is -0.602. The standard InChI is InChI=1S/C15H17N3O2/c1-2-8-16-13(19)10-14(20)18-12-7-3-5-11-6-4-9-17-15(11)12/h3-7,9H,2,8,10H2,1H3,(H,16,19)(H,18,20). The normalized spacial score (nSPS) is 10.2. The molecule has 2 rings (SSSR count). The number of para-hydroxylation sites is 1. The number of carbonyl (C=O) groups excluding carboxylic acids is 2. The van der Waals surface area contributed by atoms with Crippen molar-refractivity contribution < 1.29 is 9.59 Å². The van der Waals surface area contributed by atoms with Gasteiger partial charge in [-0.1, -0.05) is 25.1 Å². The van der Waals surface area contributed by atoms with E-state index in [1.54, 1.807) is 12.3 Å². The topological polar surface area (TPSA) is 71.1 Å². The SMILES string of the molecule is CCCNC(=O)CC(=O)Nc1cccc2cccnc12. The van der Waals surface area contributed by atoms with Crippen molar-refractivity contribution >= 4 is 28.4 Å². The van der Waals surface area contributed by atoms with Gasteiger partial charge in [0.1, 0.15) is 6.42 Å². The van der Waals surface area contributed by atoms with Crippen LogP contribution in [0.5, 0.6) is 0 Å². The summed E-state index contributed by atoms with van der Waals surface area (Å²) in [5, 5.41) is 6.35. The molecule has 5 nitrogen and oxygen atoms in total. The number of pyridine rings is 1. The van der Waals surface area contributed by atoms with E-state index in [-0.39, 0.29) is 18.2 Å². The Hall–Kier alpha value is -2.43. The molecule has 2 N–H and O–H groups in total. The third-order valence-corrected chi connectivity index (χ3v) is 2.80. The third kappa shape index (κ3) is 3.54. The summed E-state index contributed by atoms with van der Waals surface area (Å²) in [4.78, 5) is 27.6. The van der Waals surface area contributed by atoms with Crippen LogP contribution in [-0.4, -0.2) is 23.3 Å². The summed E-state index contributed by atoms with van der Waals surface area (Å²) in [6, 6.07) is 9.30. The Morgan fingerprint density at radius 2 is 1.95 bits per heavy atom. The van der Waals surface area contributed by atoms with Crippen LogP contribution in [0.25, 0.3) is 10.9 Å². The van der Waals surface area contributed by atoms with Gasteiger partial charge in [0.15, 0.2) is 0 Å². The van der Waals surface area contributed by atoms with Crippen LogP contribution in [0.1, 0.15) is 19.8 Å². The first-order valence-electron chi connectivity index (χ1n) is 6.61. The highest BCUT2D eigenvalue weighted by atomic mass is 16.2. The molecule has 0 radical (unpaired) electrons. The number of aromatic nitrogens is 1. The Morgan fingerprint density at radius 3 is 2.75 bits per heavy atom. The quantitative estimate of drug-likeness (QED) is 0.818. The van der Waals surface area contributed by atoms with Crippen LogP contribution in [-0.2, 0) is 9.59 Å². The molecule has 0 atom stereocenters. The number of nitrogens with zero attached hydrogens (tertiary/aromatic N) is 1. The van der Waals surface area contributed by atoms with Crippen LogP contribution in [0.3, 0.4) is 0 Å². The van der Waals surface area contributed by atoms with E-state index in [0.717, 1.165) is 17.3 Å². The predicted molar refractivity (Wildman–Crippen MR) is 78.3 cm³/mol. The Bertz CT molecular complexity index is 620. The monoisotopic (exact) mass is 271 g/mol. The zero-order valence-corrected chi connectivity index (χ0v) is 11.3. The van der Waals surface area contributed by atoms with Gasteiger partial charge in [-0.15, -0.1) is 0 Å². The Balaban J connectivity index is 2.05.